The number of aldehydes is 1. The monoisotopic (exact) mass is 358 g/mol. The van der Waals surface area contributed by atoms with Crippen molar-refractivity contribution in [1.29, 1.82) is 5.26 Å². The molecule has 0 saturated heterocycles. The second-order valence-electron chi connectivity index (χ2n) is 5.59. The fourth-order valence-corrected chi connectivity index (χ4v) is 2.40. The zero-order valence-corrected chi connectivity index (χ0v) is 14.0. The van der Waals surface area contributed by atoms with Crippen molar-refractivity contribution in [3.63, 3.8) is 0 Å². The van der Waals surface area contributed by atoms with Crippen molar-refractivity contribution in [3.05, 3.63) is 65.5 Å². The Bertz CT molecular complexity index is 1200. The van der Waals surface area contributed by atoms with Gasteiger partial charge in [0.15, 0.2) is 0 Å². The molecule has 4 N–H and O–H groups in total. The first-order valence-electron chi connectivity index (χ1n) is 7.84. The van der Waals surface area contributed by atoms with Gasteiger partial charge in [-0.1, -0.05) is 24.3 Å². The van der Waals surface area contributed by atoms with Crippen LogP contribution in [0.25, 0.3) is 27.9 Å². The van der Waals surface area contributed by atoms with Crippen molar-refractivity contribution in [2.45, 2.75) is 0 Å². The van der Waals surface area contributed by atoms with Gasteiger partial charge in [0.25, 0.3) is 5.91 Å². The van der Waals surface area contributed by atoms with Crippen molar-refractivity contribution in [2.24, 2.45) is 5.73 Å². The first-order valence-corrected chi connectivity index (χ1v) is 7.84. The van der Waals surface area contributed by atoms with Crippen molar-refractivity contribution < 1.29 is 9.59 Å². The first-order chi connectivity index (χ1) is 13.1. The van der Waals surface area contributed by atoms with Gasteiger partial charge in [0.2, 0.25) is 0 Å². The molecule has 0 bridgehead atoms. The molecular formula is C19H14N6O2. The van der Waals surface area contributed by atoms with Gasteiger partial charge in [-0.3, -0.25) is 19.8 Å². The standard InChI is InChI=1S/C11H8N4O.C8H6N2O/c12-5-9(11(13)16)3-7-1-2-8-6-14-15-10(8)4-7;11-5-6-1-2-7-4-9-10-8(7)3-6/h1-4,6H,(H2,13,16)(H,14,15);1-5H,(H,9,10)/b9-3+;. The lowest BCUT2D eigenvalue weighted by atomic mass is 10.1. The molecule has 0 aliphatic rings. The van der Waals surface area contributed by atoms with E-state index in [0.717, 1.165) is 33.7 Å². The number of hydrogen-bond acceptors (Lipinski definition) is 5. The Labute approximate surface area is 153 Å². The second kappa shape index (κ2) is 7.76. The van der Waals surface area contributed by atoms with Gasteiger partial charge in [-0.25, -0.2) is 0 Å². The Morgan fingerprint density at radius 1 is 1.00 bits per heavy atom. The molecule has 8 heteroatoms. The van der Waals surface area contributed by atoms with Gasteiger partial charge in [0.05, 0.1) is 23.4 Å². The van der Waals surface area contributed by atoms with Crippen LogP contribution in [0.3, 0.4) is 0 Å². The van der Waals surface area contributed by atoms with Gasteiger partial charge < -0.3 is 5.73 Å². The smallest absolute Gasteiger partial charge is 0.259 e. The van der Waals surface area contributed by atoms with Crippen LogP contribution in [0, 0.1) is 11.3 Å². The number of aromatic nitrogens is 4. The third-order valence-corrected chi connectivity index (χ3v) is 3.76. The number of nitrogens with one attached hydrogen (secondary N) is 2. The molecule has 0 saturated carbocycles. The van der Waals surface area contributed by atoms with Crippen LogP contribution in [0.2, 0.25) is 0 Å². The molecule has 0 atom stereocenters. The lowest BCUT2D eigenvalue weighted by molar-refractivity contribution is -0.114. The summed E-state index contributed by atoms with van der Waals surface area (Å²) >= 11 is 0. The summed E-state index contributed by atoms with van der Waals surface area (Å²) in [6.07, 6.45) is 5.69. The molecule has 4 rings (SSSR count). The number of carbonyl (C=O) groups excluding carboxylic acids is 2. The summed E-state index contributed by atoms with van der Waals surface area (Å²) in [5.74, 6) is -0.729. The minimum Gasteiger partial charge on any atom is -0.365 e. The minimum absolute atomic E-state index is 0.0705. The molecular weight excluding hydrogens is 344 g/mol. The largest absolute Gasteiger partial charge is 0.365 e. The van der Waals surface area contributed by atoms with Crippen LogP contribution in [-0.2, 0) is 4.79 Å². The van der Waals surface area contributed by atoms with Crippen LogP contribution < -0.4 is 5.73 Å². The number of H-pyrrole nitrogens is 2. The van der Waals surface area contributed by atoms with E-state index in [1.54, 1.807) is 42.7 Å². The van der Waals surface area contributed by atoms with Crippen LogP contribution in [0.4, 0.5) is 0 Å². The Morgan fingerprint density at radius 2 is 1.56 bits per heavy atom. The van der Waals surface area contributed by atoms with Crippen LogP contribution in [0.15, 0.2) is 54.4 Å². The molecule has 132 valence electrons. The van der Waals surface area contributed by atoms with E-state index < -0.39 is 5.91 Å². The van der Waals surface area contributed by atoms with Gasteiger partial charge in [-0.15, -0.1) is 0 Å². The van der Waals surface area contributed by atoms with Crippen LogP contribution in [0.5, 0.6) is 0 Å². The number of carbonyl (C=O) groups is 2. The molecule has 27 heavy (non-hydrogen) atoms. The predicted molar refractivity (Wildman–Crippen MR) is 100 cm³/mol. The van der Waals surface area contributed by atoms with Gasteiger partial charge in [-0.05, 0) is 23.8 Å². The zero-order valence-electron chi connectivity index (χ0n) is 14.0. The quantitative estimate of drug-likeness (QED) is 0.293. The second-order valence-corrected chi connectivity index (χ2v) is 5.59. The summed E-state index contributed by atoms with van der Waals surface area (Å²) in [5, 5.41) is 24.0. The molecule has 1 amide bonds. The Kier molecular flexibility index (Phi) is 5.05. The van der Waals surface area contributed by atoms with Crippen molar-refractivity contribution >= 4 is 40.1 Å². The van der Waals surface area contributed by atoms with Gasteiger partial charge in [0, 0.05) is 16.3 Å². The van der Waals surface area contributed by atoms with E-state index in [4.69, 9.17) is 11.0 Å². The fraction of sp³-hybridized carbons (Fsp3) is 0. The first kappa shape index (κ1) is 17.6. The average Bonchev–Trinajstić information content (AvgIpc) is 3.34. The summed E-state index contributed by atoms with van der Waals surface area (Å²) < 4.78 is 0. The molecule has 0 aliphatic carbocycles. The van der Waals surface area contributed by atoms with Crippen LogP contribution in [-0.4, -0.2) is 32.6 Å². The van der Waals surface area contributed by atoms with E-state index in [2.05, 4.69) is 20.4 Å². The molecule has 8 nitrogen and oxygen atoms in total. The SMILES string of the molecule is N#C/C(=C\c1ccc2cn[nH]c2c1)C(N)=O.O=Cc1ccc2cn[nH]c2c1. The number of nitrogens with two attached hydrogens (primary N) is 1. The molecule has 0 aliphatic heterocycles. The van der Waals surface area contributed by atoms with Gasteiger partial charge in [-0.2, -0.15) is 15.5 Å². The molecule has 2 aromatic heterocycles. The van der Waals surface area contributed by atoms with E-state index >= 15 is 0 Å². The molecule has 0 unspecified atom stereocenters. The summed E-state index contributed by atoms with van der Waals surface area (Å²) in [6, 6.07) is 12.6. The van der Waals surface area contributed by atoms with E-state index in [1.165, 1.54) is 6.08 Å². The number of hydrogen-bond donors (Lipinski definition) is 3. The number of fused-ring (bicyclic) bond motifs is 2. The number of amides is 1. The number of benzene rings is 2. The van der Waals surface area contributed by atoms with Gasteiger partial charge in [0.1, 0.15) is 17.9 Å². The normalized spacial score (nSPS) is 10.9. The van der Waals surface area contributed by atoms with Crippen LogP contribution >= 0.6 is 0 Å². The van der Waals surface area contributed by atoms with Crippen LogP contribution in [0.1, 0.15) is 15.9 Å². The van der Waals surface area contributed by atoms with E-state index in [9.17, 15) is 9.59 Å². The number of nitriles is 1. The third kappa shape index (κ3) is 4.05. The van der Waals surface area contributed by atoms with E-state index in [-0.39, 0.29) is 5.57 Å². The summed E-state index contributed by atoms with van der Waals surface area (Å²) in [7, 11) is 0. The summed E-state index contributed by atoms with van der Waals surface area (Å²) in [4.78, 5) is 21.2. The lowest BCUT2D eigenvalue weighted by Crippen LogP contribution is -2.12. The summed E-state index contributed by atoms with van der Waals surface area (Å²) in [5.41, 5.74) is 8.11. The van der Waals surface area contributed by atoms with Crippen molar-refractivity contribution in [1.82, 2.24) is 20.4 Å². The van der Waals surface area contributed by atoms with Gasteiger partial charge >= 0.3 is 0 Å². The molecule has 0 spiro atoms. The number of primary amides is 1. The molecule has 2 heterocycles. The van der Waals surface area contributed by atoms with Crippen molar-refractivity contribution in [3.8, 4) is 6.07 Å². The average molecular weight is 358 g/mol. The molecule has 4 aromatic rings. The minimum atomic E-state index is -0.729. The maximum atomic E-state index is 10.9. The summed E-state index contributed by atoms with van der Waals surface area (Å²) in [6.45, 7) is 0. The Hall–Kier alpha value is -4.25. The molecule has 0 fully saturated rings. The Morgan fingerprint density at radius 3 is 2.07 bits per heavy atom. The maximum Gasteiger partial charge on any atom is 0.259 e. The van der Waals surface area contributed by atoms with Crippen molar-refractivity contribution in [2.75, 3.05) is 0 Å². The zero-order chi connectivity index (χ0) is 19.2. The van der Waals surface area contributed by atoms with E-state index in [1.807, 2.05) is 12.1 Å². The maximum absolute atomic E-state index is 10.9. The Balaban J connectivity index is 0.000000166. The predicted octanol–water partition coefficient (Wildman–Crippen LogP) is 2.33. The highest BCUT2D eigenvalue weighted by Gasteiger charge is 2.04. The highest BCUT2D eigenvalue weighted by Crippen LogP contribution is 2.15. The number of nitrogens with zero attached hydrogens (tertiary/aromatic N) is 3. The van der Waals surface area contributed by atoms with E-state index in [0.29, 0.717) is 5.56 Å². The highest BCUT2D eigenvalue weighted by atomic mass is 16.1. The fourth-order valence-electron chi connectivity index (χ4n) is 2.40. The highest BCUT2D eigenvalue weighted by molar-refractivity contribution is 6.01. The lowest BCUT2D eigenvalue weighted by Gasteiger charge is -1.95. The third-order valence-electron chi connectivity index (χ3n) is 3.76. The number of aromatic amines is 2. The topological polar surface area (TPSA) is 141 Å². The number of rotatable bonds is 3. The molecule has 0 radical (unpaired) electrons. The molecule has 2 aromatic carbocycles.